The monoisotopic (exact) mass is 340 g/mol. The molecule has 1 aliphatic rings. The first kappa shape index (κ1) is 16.2. The van der Waals surface area contributed by atoms with Crippen LogP contribution in [0, 0.1) is 12.7 Å². The van der Waals surface area contributed by atoms with Crippen LogP contribution in [0.15, 0.2) is 41.1 Å². The molecule has 6 heteroatoms. The summed E-state index contributed by atoms with van der Waals surface area (Å²) in [5.74, 6) is -0.297. The van der Waals surface area contributed by atoms with Gasteiger partial charge in [0.25, 0.3) is 0 Å². The molecule has 0 bridgehead atoms. The topological polar surface area (TPSA) is 45.4 Å². The average Bonchev–Trinajstić information content (AvgIpc) is 3.00. The number of hydrogen-bond donors (Lipinski definition) is 0. The van der Waals surface area contributed by atoms with E-state index in [2.05, 4.69) is 32.9 Å². The van der Waals surface area contributed by atoms with E-state index in [4.69, 9.17) is 4.52 Å². The number of piperazine rings is 1. The molecule has 0 atom stereocenters. The molecule has 3 aromatic rings. The first-order chi connectivity index (χ1) is 12.2. The molecule has 0 spiro atoms. The van der Waals surface area contributed by atoms with Gasteiger partial charge in [-0.1, -0.05) is 11.2 Å². The lowest BCUT2D eigenvalue weighted by molar-refractivity contribution is 0.120. The van der Waals surface area contributed by atoms with Crippen molar-refractivity contribution in [3.8, 4) is 0 Å². The molecule has 0 aliphatic carbocycles. The molecule has 130 valence electrons. The van der Waals surface area contributed by atoms with Crippen molar-refractivity contribution in [2.45, 2.75) is 20.0 Å². The van der Waals surface area contributed by atoms with Gasteiger partial charge in [-0.3, -0.25) is 14.8 Å². The van der Waals surface area contributed by atoms with Crippen molar-refractivity contribution in [1.82, 2.24) is 19.9 Å². The molecule has 4 rings (SSSR count). The normalized spacial score (nSPS) is 16.6. The van der Waals surface area contributed by atoms with Crippen LogP contribution in [0.4, 0.5) is 4.39 Å². The number of nitrogens with zero attached hydrogens (tertiary/aromatic N) is 4. The Hall–Kier alpha value is -2.31. The van der Waals surface area contributed by atoms with Gasteiger partial charge in [0.2, 0.25) is 0 Å². The zero-order valence-corrected chi connectivity index (χ0v) is 14.3. The Balaban J connectivity index is 1.36. The third kappa shape index (κ3) is 3.55. The fourth-order valence-corrected chi connectivity index (χ4v) is 3.32. The fourth-order valence-electron chi connectivity index (χ4n) is 3.32. The summed E-state index contributed by atoms with van der Waals surface area (Å²) in [7, 11) is 0. The molecule has 5 nitrogen and oxygen atoms in total. The molecule has 0 amide bonds. The highest BCUT2D eigenvalue weighted by Crippen LogP contribution is 2.21. The molecular weight excluding hydrogens is 319 g/mol. The summed E-state index contributed by atoms with van der Waals surface area (Å²) in [5, 5.41) is 5.02. The third-order valence-electron chi connectivity index (χ3n) is 4.86. The summed E-state index contributed by atoms with van der Waals surface area (Å²) in [4.78, 5) is 9.19. The molecule has 25 heavy (non-hydrogen) atoms. The number of aryl methyl sites for hydroxylation is 1. The van der Waals surface area contributed by atoms with Gasteiger partial charge in [-0.15, -0.1) is 0 Å². The van der Waals surface area contributed by atoms with Crippen LogP contribution in [0.5, 0.6) is 0 Å². The second-order valence-electron chi connectivity index (χ2n) is 6.57. The number of rotatable bonds is 4. The molecule has 1 aliphatic heterocycles. The molecule has 1 aromatic carbocycles. The minimum absolute atomic E-state index is 0.297. The lowest BCUT2D eigenvalue weighted by Crippen LogP contribution is -2.45. The molecule has 2 aromatic heterocycles. The van der Waals surface area contributed by atoms with Crippen LogP contribution in [-0.2, 0) is 13.1 Å². The van der Waals surface area contributed by atoms with E-state index >= 15 is 0 Å². The predicted octanol–water partition coefficient (Wildman–Crippen LogP) is 2.99. The van der Waals surface area contributed by atoms with Gasteiger partial charge >= 0.3 is 0 Å². The minimum atomic E-state index is -0.297. The van der Waals surface area contributed by atoms with Crippen molar-refractivity contribution < 1.29 is 8.91 Å². The first-order valence-corrected chi connectivity index (χ1v) is 8.58. The van der Waals surface area contributed by atoms with Crippen molar-refractivity contribution in [2.24, 2.45) is 0 Å². The molecule has 0 unspecified atom stereocenters. The molecule has 0 N–H and O–H groups in total. The Morgan fingerprint density at radius 2 is 1.84 bits per heavy atom. The maximum absolute atomic E-state index is 13.2. The molecule has 1 saturated heterocycles. The van der Waals surface area contributed by atoms with Crippen molar-refractivity contribution in [2.75, 3.05) is 26.2 Å². The zero-order chi connectivity index (χ0) is 17.2. The summed E-state index contributed by atoms with van der Waals surface area (Å²) < 4.78 is 18.5. The van der Waals surface area contributed by atoms with Gasteiger partial charge in [-0.2, -0.15) is 0 Å². The molecule has 0 radical (unpaired) electrons. The highest BCUT2D eigenvalue weighted by Gasteiger charge is 2.20. The van der Waals surface area contributed by atoms with Crippen LogP contribution in [0.25, 0.3) is 11.0 Å². The van der Waals surface area contributed by atoms with Crippen LogP contribution in [0.1, 0.15) is 17.0 Å². The van der Waals surface area contributed by atoms with Gasteiger partial charge in [0.15, 0.2) is 5.58 Å². The van der Waals surface area contributed by atoms with E-state index in [1.54, 1.807) is 6.07 Å². The highest BCUT2D eigenvalue weighted by atomic mass is 19.1. The van der Waals surface area contributed by atoms with Crippen molar-refractivity contribution in [3.63, 3.8) is 0 Å². The third-order valence-corrected chi connectivity index (χ3v) is 4.86. The maximum atomic E-state index is 13.2. The van der Waals surface area contributed by atoms with E-state index in [-0.39, 0.29) is 5.82 Å². The Bertz CT molecular complexity index is 871. The van der Waals surface area contributed by atoms with Gasteiger partial charge in [-0.05, 0) is 30.7 Å². The van der Waals surface area contributed by atoms with E-state index in [1.165, 1.54) is 17.7 Å². The largest absolute Gasteiger partial charge is 0.356 e. The van der Waals surface area contributed by atoms with Crippen LogP contribution < -0.4 is 0 Å². The minimum Gasteiger partial charge on any atom is -0.356 e. The van der Waals surface area contributed by atoms with E-state index < -0.39 is 0 Å². The van der Waals surface area contributed by atoms with Crippen LogP contribution in [0.3, 0.4) is 0 Å². The molecule has 1 fully saturated rings. The predicted molar refractivity (Wildman–Crippen MR) is 93.5 cm³/mol. The molecule has 0 saturated carbocycles. The number of pyridine rings is 1. The Kier molecular flexibility index (Phi) is 4.46. The van der Waals surface area contributed by atoms with Crippen molar-refractivity contribution >= 4 is 11.0 Å². The number of benzene rings is 1. The summed E-state index contributed by atoms with van der Waals surface area (Å²) in [6.45, 7) is 7.73. The number of halogens is 1. The van der Waals surface area contributed by atoms with Crippen LogP contribution in [-0.4, -0.2) is 46.1 Å². The summed E-state index contributed by atoms with van der Waals surface area (Å²) in [5.41, 5.74) is 3.79. The van der Waals surface area contributed by atoms with E-state index in [0.717, 1.165) is 56.0 Å². The van der Waals surface area contributed by atoms with Gasteiger partial charge in [0.05, 0.1) is 0 Å². The van der Waals surface area contributed by atoms with E-state index in [0.29, 0.717) is 5.58 Å². The Morgan fingerprint density at radius 3 is 2.60 bits per heavy atom. The van der Waals surface area contributed by atoms with Crippen LogP contribution >= 0.6 is 0 Å². The lowest BCUT2D eigenvalue weighted by Gasteiger charge is -2.34. The highest BCUT2D eigenvalue weighted by molar-refractivity contribution is 5.79. The number of fused-ring (bicyclic) bond motifs is 1. The average molecular weight is 340 g/mol. The number of aromatic nitrogens is 2. The van der Waals surface area contributed by atoms with E-state index in [1.807, 2.05) is 12.3 Å². The van der Waals surface area contributed by atoms with Gasteiger partial charge in [-0.25, -0.2) is 4.39 Å². The lowest BCUT2D eigenvalue weighted by atomic mass is 10.1. The first-order valence-electron chi connectivity index (χ1n) is 8.58. The standard InChI is InChI=1S/C19H21FN4O/c1-14-15(3-2-6-21-14)12-23-7-9-24(10-8-23)13-18-17-5-4-16(20)11-19(17)25-22-18/h2-6,11H,7-10,12-13H2,1H3. The smallest absolute Gasteiger partial charge is 0.170 e. The van der Waals surface area contributed by atoms with Crippen molar-refractivity contribution in [1.29, 1.82) is 0 Å². The van der Waals surface area contributed by atoms with Crippen LogP contribution in [0.2, 0.25) is 0 Å². The SMILES string of the molecule is Cc1ncccc1CN1CCN(Cc2noc3cc(F)ccc23)CC1. The summed E-state index contributed by atoms with van der Waals surface area (Å²) in [6, 6.07) is 8.74. The number of hydrogen-bond acceptors (Lipinski definition) is 5. The second-order valence-corrected chi connectivity index (χ2v) is 6.57. The van der Waals surface area contributed by atoms with Gasteiger partial charge < -0.3 is 4.52 Å². The maximum Gasteiger partial charge on any atom is 0.170 e. The van der Waals surface area contributed by atoms with Crippen molar-refractivity contribution in [3.05, 3.63) is 59.3 Å². The quantitative estimate of drug-likeness (QED) is 0.731. The fraction of sp³-hybridized carbons (Fsp3) is 0.368. The van der Waals surface area contributed by atoms with Gasteiger partial charge in [0, 0.05) is 62.6 Å². The van der Waals surface area contributed by atoms with E-state index in [9.17, 15) is 4.39 Å². The summed E-state index contributed by atoms with van der Waals surface area (Å²) >= 11 is 0. The van der Waals surface area contributed by atoms with Gasteiger partial charge in [0.1, 0.15) is 11.5 Å². The zero-order valence-electron chi connectivity index (χ0n) is 14.3. The molecular formula is C19H21FN4O. The molecule has 3 heterocycles. The summed E-state index contributed by atoms with van der Waals surface area (Å²) in [6.07, 6.45) is 1.84. The Morgan fingerprint density at radius 1 is 1.08 bits per heavy atom. The Labute approximate surface area is 146 Å². The second kappa shape index (κ2) is 6.90.